The Bertz CT molecular complexity index is 1110. The molecular formula is C20H23ClN2O5S2. The van der Waals surface area contributed by atoms with Crippen LogP contribution in [0.3, 0.4) is 0 Å². The molecule has 0 aromatic heterocycles. The van der Waals surface area contributed by atoms with Crippen molar-refractivity contribution in [2.45, 2.75) is 35.1 Å². The van der Waals surface area contributed by atoms with Gasteiger partial charge in [0.15, 0.2) is 9.84 Å². The van der Waals surface area contributed by atoms with Gasteiger partial charge in [-0.15, -0.1) is 0 Å². The van der Waals surface area contributed by atoms with Crippen molar-refractivity contribution in [3.8, 4) is 0 Å². The molecule has 1 aliphatic heterocycles. The molecule has 1 aliphatic rings. The number of hydrogen-bond donors (Lipinski definition) is 1. The first-order valence-corrected chi connectivity index (χ1v) is 13.0. The molecule has 3 rings (SSSR count). The van der Waals surface area contributed by atoms with Gasteiger partial charge in [-0.25, -0.2) is 21.6 Å². The van der Waals surface area contributed by atoms with Crippen LogP contribution in [0.5, 0.6) is 0 Å². The van der Waals surface area contributed by atoms with Gasteiger partial charge in [-0.1, -0.05) is 35.9 Å². The zero-order valence-electron chi connectivity index (χ0n) is 16.2. The molecule has 0 bridgehead atoms. The summed E-state index contributed by atoms with van der Waals surface area (Å²) >= 11 is 5.83. The molecule has 0 saturated carbocycles. The molecule has 1 fully saturated rings. The van der Waals surface area contributed by atoms with E-state index in [1.54, 1.807) is 41.3 Å². The Labute approximate surface area is 182 Å². The van der Waals surface area contributed by atoms with Crippen LogP contribution in [-0.4, -0.2) is 52.5 Å². The molecule has 30 heavy (non-hydrogen) atoms. The molecular weight excluding hydrogens is 448 g/mol. The number of carbonyl (C=O) groups excluding carboxylic acids is 1. The smallest absolute Gasteiger partial charge is 0.240 e. The summed E-state index contributed by atoms with van der Waals surface area (Å²) in [5.74, 6) is -0.411. The van der Waals surface area contributed by atoms with E-state index in [2.05, 4.69) is 4.72 Å². The van der Waals surface area contributed by atoms with Gasteiger partial charge in [0.25, 0.3) is 0 Å². The van der Waals surface area contributed by atoms with Crippen LogP contribution in [0, 0.1) is 0 Å². The van der Waals surface area contributed by atoms with E-state index in [9.17, 15) is 21.6 Å². The topological polar surface area (TPSA) is 101 Å². The molecule has 0 aliphatic carbocycles. The molecule has 0 spiro atoms. The van der Waals surface area contributed by atoms with Gasteiger partial charge in [0.1, 0.15) is 0 Å². The van der Waals surface area contributed by atoms with Gasteiger partial charge in [-0.2, -0.15) is 0 Å². The summed E-state index contributed by atoms with van der Waals surface area (Å²) in [6.07, 6.45) is 1.27. The van der Waals surface area contributed by atoms with E-state index in [1.165, 1.54) is 18.2 Å². The number of halogens is 1. The highest BCUT2D eigenvalue weighted by Crippen LogP contribution is 2.23. The normalized spacial score (nSPS) is 17.2. The highest BCUT2D eigenvalue weighted by Gasteiger charge is 2.32. The maximum atomic E-state index is 12.6. The fraction of sp³-hybridized carbons (Fsp3) is 0.350. The number of carbonyl (C=O) groups is 1. The van der Waals surface area contributed by atoms with Gasteiger partial charge >= 0.3 is 0 Å². The van der Waals surface area contributed by atoms with E-state index in [0.717, 1.165) is 6.42 Å². The van der Waals surface area contributed by atoms with Crippen molar-refractivity contribution >= 4 is 37.4 Å². The molecule has 1 atom stereocenters. The number of rotatable bonds is 8. The van der Waals surface area contributed by atoms with E-state index in [4.69, 9.17) is 11.6 Å². The van der Waals surface area contributed by atoms with E-state index >= 15 is 0 Å². The molecule has 1 N–H and O–H groups in total. The largest absolute Gasteiger partial charge is 0.339 e. The highest BCUT2D eigenvalue weighted by atomic mass is 35.5. The minimum absolute atomic E-state index is 0.0236. The van der Waals surface area contributed by atoms with Crippen LogP contribution in [0.2, 0.25) is 5.02 Å². The van der Waals surface area contributed by atoms with Gasteiger partial charge in [-0.05, 0) is 43.2 Å². The van der Waals surface area contributed by atoms with Crippen molar-refractivity contribution in [1.82, 2.24) is 9.62 Å². The number of likely N-dealkylation sites (tertiary alicyclic amines) is 1. The molecule has 162 valence electrons. The lowest BCUT2D eigenvalue weighted by Gasteiger charge is -2.24. The zero-order valence-corrected chi connectivity index (χ0v) is 18.6. The summed E-state index contributed by atoms with van der Waals surface area (Å²) in [5, 5.41) is 0.300. The van der Waals surface area contributed by atoms with Gasteiger partial charge < -0.3 is 4.90 Å². The SMILES string of the molecule is O=C(CCNS(=O)(=O)c1cccc(Cl)c1)N1CCCC1CS(=O)(=O)c1ccccc1. The monoisotopic (exact) mass is 470 g/mol. The predicted octanol–water partition coefficient (Wildman–Crippen LogP) is 2.47. The number of nitrogens with one attached hydrogen (secondary N) is 1. The second kappa shape index (κ2) is 9.47. The maximum absolute atomic E-state index is 12.6. The first kappa shape index (κ1) is 22.7. The lowest BCUT2D eigenvalue weighted by Crippen LogP contribution is -2.41. The summed E-state index contributed by atoms with van der Waals surface area (Å²) in [5.41, 5.74) is 0. The Morgan fingerprint density at radius 1 is 1.03 bits per heavy atom. The van der Waals surface area contributed by atoms with Crippen molar-refractivity contribution in [3.05, 3.63) is 59.6 Å². The summed E-state index contributed by atoms with van der Waals surface area (Å²) in [7, 11) is -7.29. The molecule has 2 aromatic rings. The van der Waals surface area contributed by atoms with Crippen molar-refractivity contribution in [3.63, 3.8) is 0 Å². The summed E-state index contributed by atoms with van der Waals surface area (Å²) in [6.45, 7) is 0.386. The molecule has 0 radical (unpaired) electrons. The Morgan fingerprint density at radius 2 is 1.73 bits per heavy atom. The van der Waals surface area contributed by atoms with Gasteiger partial charge in [0.2, 0.25) is 15.9 Å². The maximum Gasteiger partial charge on any atom is 0.240 e. The minimum Gasteiger partial charge on any atom is -0.339 e. The molecule has 1 heterocycles. The lowest BCUT2D eigenvalue weighted by atomic mass is 10.2. The predicted molar refractivity (Wildman–Crippen MR) is 114 cm³/mol. The first-order valence-electron chi connectivity index (χ1n) is 9.51. The minimum atomic E-state index is -3.78. The third kappa shape index (κ3) is 5.60. The van der Waals surface area contributed by atoms with Crippen LogP contribution in [0.4, 0.5) is 0 Å². The molecule has 1 unspecified atom stereocenters. The molecule has 1 amide bonds. The highest BCUT2D eigenvalue weighted by molar-refractivity contribution is 7.91. The molecule has 7 nitrogen and oxygen atoms in total. The van der Waals surface area contributed by atoms with Gasteiger partial charge in [-0.3, -0.25) is 4.79 Å². The van der Waals surface area contributed by atoms with E-state index < -0.39 is 25.9 Å². The van der Waals surface area contributed by atoms with Crippen LogP contribution in [0.15, 0.2) is 64.4 Å². The van der Waals surface area contributed by atoms with Crippen molar-refractivity contribution < 1.29 is 21.6 Å². The van der Waals surface area contributed by atoms with Gasteiger partial charge in [0.05, 0.1) is 15.5 Å². The Kier molecular flexibility index (Phi) is 7.18. The molecule has 10 heteroatoms. The number of nitrogens with zero attached hydrogens (tertiary/aromatic N) is 1. The summed E-state index contributed by atoms with van der Waals surface area (Å²) < 4.78 is 52.3. The summed E-state index contributed by atoms with van der Waals surface area (Å²) in [4.78, 5) is 14.4. The van der Waals surface area contributed by atoms with E-state index in [-0.39, 0.29) is 34.4 Å². The van der Waals surface area contributed by atoms with Crippen molar-refractivity contribution in [1.29, 1.82) is 0 Å². The van der Waals surface area contributed by atoms with Crippen LogP contribution < -0.4 is 4.72 Å². The Hall–Kier alpha value is -1.94. The summed E-state index contributed by atoms with van der Waals surface area (Å²) in [6, 6.07) is 13.6. The van der Waals surface area contributed by atoms with Gasteiger partial charge in [0, 0.05) is 30.6 Å². The number of hydrogen-bond acceptors (Lipinski definition) is 5. The fourth-order valence-electron chi connectivity index (χ4n) is 3.47. The second-order valence-electron chi connectivity index (χ2n) is 7.08. The number of benzene rings is 2. The molecule has 1 saturated heterocycles. The first-order chi connectivity index (χ1) is 14.2. The van der Waals surface area contributed by atoms with Crippen LogP contribution in [0.25, 0.3) is 0 Å². The standard InChI is InChI=1S/C20H23ClN2O5S2/c21-16-6-4-10-19(14-16)30(27,28)22-12-11-20(24)23-13-5-7-17(23)15-29(25,26)18-8-2-1-3-9-18/h1-4,6,8-10,14,17,22H,5,7,11-13,15H2. The number of sulfonamides is 1. The van der Waals surface area contributed by atoms with E-state index in [1.807, 2.05) is 0 Å². The van der Waals surface area contributed by atoms with Crippen LogP contribution >= 0.6 is 11.6 Å². The van der Waals surface area contributed by atoms with Crippen LogP contribution in [0.1, 0.15) is 19.3 Å². The molecule has 2 aromatic carbocycles. The second-order valence-corrected chi connectivity index (χ2v) is 11.3. The fourth-order valence-corrected chi connectivity index (χ4v) is 6.42. The average molecular weight is 471 g/mol. The van der Waals surface area contributed by atoms with Crippen LogP contribution in [-0.2, 0) is 24.7 Å². The number of sulfone groups is 1. The van der Waals surface area contributed by atoms with Crippen molar-refractivity contribution in [2.75, 3.05) is 18.8 Å². The third-order valence-electron chi connectivity index (χ3n) is 4.95. The third-order valence-corrected chi connectivity index (χ3v) is 8.46. The quantitative estimate of drug-likeness (QED) is 0.638. The van der Waals surface area contributed by atoms with Crippen molar-refractivity contribution in [2.24, 2.45) is 0 Å². The Morgan fingerprint density at radius 3 is 2.43 bits per heavy atom. The number of amides is 1. The van der Waals surface area contributed by atoms with E-state index in [0.29, 0.717) is 18.0 Å². The average Bonchev–Trinajstić information content (AvgIpc) is 3.16. The Balaban J connectivity index is 1.58. The zero-order chi connectivity index (χ0) is 21.8. The lowest BCUT2D eigenvalue weighted by molar-refractivity contribution is -0.131.